The Hall–Kier alpha value is -1.31. The Kier molecular flexibility index (Phi) is 5.22. The largest absolute Gasteiger partial charge is 0.383 e. The predicted molar refractivity (Wildman–Crippen MR) is 81.8 cm³/mol. The third kappa shape index (κ3) is 3.62. The van der Waals surface area contributed by atoms with Crippen LogP contribution in [0.5, 0.6) is 0 Å². The number of carbonyl (C=O) groups excluding carboxylic acids is 1. The van der Waals surface area contributed by atoms with E-state index in [1.165, 1.54) is 0 Å². The van der Waals surface area contributed by atoms with Gasteiger partial charge in [-0.2, -0.15) is 0 Å². The lowest BCUT2D eigenvalue weighted by molar-refractivity contribution is 0.0910. The molecule has 20 heavy (non-hydrogen) atoms. The predicted octanol–water partition coefficient (Wildman–Crippen LogP) is 2.73. The van der Waals surface area contributed by atoms with E-state index >= 15 is 0 Å². The first-order valence-corrected chi connectivity index (χ1v) is 7.56. The highest BCUT2D eigenvalue weighted by Crippen LogP contribution is 2.25. The highest BCUT2D eigenvalue weighted by Gasteiger charge is 2.19. The van der Waals surface area contributed by atoms with Crippen molar-refractivity contribution < 1.29 is 9.53 Å². The maximum atomic E-state index is 12.2. The summed E-state index contributed by atoms with van der Waals surface area (Å²) in [6, 6.07) is 7.55. The minimum Gasteiger partial charge on any atom is -0.383 e. The van der Waals surface area contributed by atoms with E-state index in [9.17, 15) is 4.79 Å². The molecule has 1 aromatic heterocycles. The first kappa shape index (κ1) is 15.1. The Morgan fingerprint density at radius 3 is 2.80 bits per heavy atom. The highest BCUT2D eigenvalue weighted by atomic mass is 79.9. The SMILES string of the molecule is COC[C@@H](C)NC(=O)c1snnc1-c1ccc(Br)cc1. The fourth-order valence-electron chi connectivity index (χ4n) is 1.72. The van der Waals surface area contributed by atoms with Crippen molar-refractivity contribution in [3.05, 3.63) is 33.6 Å². The molecular weight excluding hydrogens is 342 g/mol. The number of aromatic nitrogens is 2. The average molecular weight is 356 g/mol. The van der Waals surface area contributed by atoms with Crippen LogP contribution in [0.15, 0.2) is 28.7 Å². The lowest BCUT2D eigenvalue weighted by Gasteiger charge is -2.12. The van der Waals surface area contributed by atoms with Gasteiger partial charge in [0, 0.05) is 23.2 Å². The van der Waals surface area contributed by atoms with Crippen molar-refractivity contribution in [2.75, 3.05) is 13.7 Å². The molecule has 0 aliphatic rings. The maximum Gasteiger partial charge on any atom is 0.265 e. The summed E-state index contributed by atoms with van der Waals surface area (Å²) in [4.78, 5) is 12.7. The number of benzene rings is 1. The normalized spacial score (nSPS) is 12.2. The first-order valence-electron chi connectivity index (χ1n) is 6.00. The molecular formula is C13H14BrN3O2S. The fourth-order valence-corrected chi connectivity index (χ4v) is 2.57. The minimum atomic E-state index is -0.178. The second-order valence-electron chi connectivity index (χ2n) is 4.29. The average Bonchev–Trinajstić information content (AvgIpc) is 2.89. The molecule has 0 saturated carbocycles. The molecule has 1 amide bonds. The second kappa shape index (κ2) is 6.92. The van der Waals surface area contributed by atoms with Crippen molar-refractivity contribution >= 4 is 33.4 Å². The van der Waals surface area contributed by atoms with Crippen molar-refractivity contribution in [1.82, 2.24) is 14.9 Å². The summed E-state index contributed by atoms with van der Waals surface area (Å²) in [5, 5.41) is 6.91. The summed E-state index contributed by atoms with van der Waals surface area (Å²) in [6.45, 7) is 2.35. The van der Waals surface area contributed by atoms with E-state index < -0.39 is 0 Å². The zero-order valence-electron chi connectivity index (χ0n) is 11.1. The van der Waals surface area contributed by atoms with Crippen LogP contribution < -0.4 is 5.32 Å². The molecule has 1 atom stereocenters. The molecule has 5 nitrogen and oxygen atoms in total. The number of ether oxygens (including phenoxy) is 1. The van der Waals surface area contributed by atoms with E-state index in [1.807, 2.05) is 31.2 Å². The van der Waals surface area contributed by atoms with E-state index in [1.54, 1.807) is 7.11 Å². The first-order chi connectivity index (χ1) is 9.61. The van der Waals surface area contributed by atoms with E-state index in [0.717, 1.165) is 21.6 Å². The Balaban J connectivity index is 2.20. The molecule has 0 fully saturated rings. The van der Waals surface area contributed by atoms with Crippen molar-refractivity contribution in [1.29, 1.82) is 0 Å². The second-order valence-corrected chi connectivity index (χ2v) is 5.96. The number of methoxy groups -OCH3 is 1. The molecule has 7 heteroatoms. The number of hydrogen-bond donors (Lipinski definition) is 1. The van der Waals surface area contributed by atoms with Gasteiger partial charge < -0.3 is 10.1 Å². The number of rotatable bonds is 5. The van der Waals surface area contributed by atoms with Crippen LogP contribution in [0.25, 0.3) is 11.3 Å². The van der Waals surface area contributed by atoms with E-state index in [0.29, 0.717) is 17.2 Å². The van der Waals surface area contributed by atoms with Crippen LogP contribution in [-0.2, 0) is 4.74 Å². The number of nitrogens with one attached hydrogen (secondary N) is 1. The molecule has 2 aromatic rings. The molecule has 0 spiro atoms. The molecule has 0 aliphatic heterocycles. The van der Waals surface area contributed by atoms with E-state index in [-0.39, 0.29) is 11.9 Å². The lowest BCUT2D eigenvalue weighted by atomic mass is 10.1. The van der Waals surface area contributed by atoms with Crippen LogP contribution in [0, 0.1) is 0 Å². The minimum absolute atomic E-state index is 0.0626. The quantitative estimate of drug-likeness (QED) is 0.895. The Morgan fingerprint density at radius 1 is 1.45 bits per heavy atom. The monoisotopic (exact) mass is 355 g/mol. The van der Waals surface area contributed by atoms with Crippen LogP contribution >= 0.6 is 27.5 Å². The van der Waals surface area contributed by atoms with Gasteiger partial charge in [0.1, 0.15) is 10.6 Å². The number of hydrogen-bond acceptors (Lipinski definition) is 5. The zero-order valence-corrected chi connectivity index (χ0v) is 13.5. The van der Waals surface area contributed by atoms with E-state index in [4.69, 9.17) is 4.74 Å². The van der Waals surface area contributed by atoms with Crippen LogP contribution in [0.4, 0.5) is 0 Å². The summed E-state index contributed by atoms with van der Waals surface area (Å²) >= 11 is 4.47. The van der Waals surface area contributed by atoms with Crippen molar-refractivity contribution in [3.63, 3.8) is 0 Å². The molecule has 1 aromatic carbocycles. The fraction of sp³-hybridized carbons (Fsp3) is 0.308. The van der Waals surface area contributed by atoms with Gasteiger partial charge >= 0.3 is 0 Å². The van der Waals surface area contributed by atoms with Crippen LogP contribution in [0.1, 0.15) is 16.6 Å². The standard InChI is InChI=1S/C13H14BrN3O2S/c1-8(7-19-2)15-13(18)12-11(16-17-20-12)9-3-5-10(14)6-4-9/h3-6,8H,7H2,1-2H3,(H,15,18)/t8-/m1/s1. The molecule has 1 N–H and O–H groups in total. The van der Waals surface area contributed by atoms with Crippen LogP contribution in [0.3, 0.4) is 0 Å². The van der Waals surface area contributed by atoms with Gasteiger partial charge in [-0.05, 0) is 30.6 Å². The van der Waals surface area contributed by atoms with Crippen molar-refractivity contribution in [2.24, 2.45) is 0 Å². The summed E-state index contributed by atoms with van der Waals surface area (Å²) in [7, 11) is 1.60. The molecule has 0 radical (unpaired) electrons. The number of carbonyl (C=O) groups is 1. The van der Waals surface area contributed by atoms with Crippen LogP contribution in [-0.4, -0.2) is 35.3 Å². The van der Waals surface area contributed by atoms with Crippen LogP contribution in [0.2, 0.25) is 0 Å². The van der Waals surface area contributed by atoms with Gasteiger partial charge in [0.05, 0.1) is 6.61 Å². The van der Waals surface area contributed by atoms with Gasteiger partial charge in [-0.3, -0.25) is 4.79 Å². The van der Waals surface area contributed by atoms with Gasteiger partial charge in [0.2, 0.25) is 0 Å². The zero-order chi connectivity index (χ0) is 14.5. The van der Waals surface area contributed by atoms with Gasteiger partial charge in [0.25, 0.3) is 5.91 Å². The summed E-state index contributed by atoms with van der Waals surface area (Å²) in [5.74, 6) is -0.178. The Morgan fingerprint density at radius 2 is 2.15 bits per heavy atom. The summed E-state index contributed by atoms with van der Waals surface area (Å²) < 4.78 is 9.86. The van der Waals surface area contributed by atoms with Gasteiger partial charge in [-0.1, -0.05) is 32.6 Å². The molecule has 0 bridgehead atoms. The summed E-state index contributed by atoms with van der Waals surface area (Å²) in [5.41, 5.74) is 1.47. The third-order valence-electron chi connectivity index (χ3n) is 2.61. The Labute approximate surface area is 129 Å². The topological polar surface area (TPSA) is 64.1 Å². The number of nitrogens with zero attached hydrogens (tertiary/aromatic N) is 2. The van der Waals surface area contributed by atoms with Gasteiger partial charge in [-0.25, -0.2) is 0 Å². The third-order valence-corrected chi connectivity index (χ3v) is 3.86. The lowest BCUT2D eigenvalue weighted by Crippen LogP contribution is -2.35. The van der Waals surface area contributed by atoms with Crippen molar-refractivity contribution in [3.8, 4) is 11.3 Å². The molecule has 106 valence electrons. The van der Waals surface area contributed by atoms with E-state index in [2.05, 4.69) is 30.8 Å². The summed E-state index contributed by atoms with van der Waals surface area (Å²) in [6.07, 6.45) is 0. The van der Waals surface area contributed by atoms with Gasteiger partial charge in [0.15, 0.2) is 0 Å². The molecule has 0 unspecified atom stereocenters. The Bertz CT molecular complexity index is 586. The van der Waals surface area contributed by atoms with Crippen molar-refractivity contribution in [2.45, 2.75) is 13.0 Å². The molecule has 2 rings (SSSR count). The molecule has 1 heterocycles. The molecule has 0 aliphatic carbocycles. The highest BCUT2D eigenvalue weighted by molar-refractivity contribution is 9.10. The smallest absolute Gasteiger partial charge is 0.265 e. The molecule has 0 saturated heterocycles. The number of amides is 1. The number of halogens is 1. The maximum absolute atomic E-state index is 12.2. The van der Waals surface area contributed by atoms with Gasteiger partial charge in [-0.15, -0.1) is 5.10 Å².